The highest BCUT2D eigenvalue weighted by molar-refractivity contribution is 8.00. The van der Waals surface area contributed by atoms with E-state index in [-0.39, 0.29) is 5.97 Å². The lowest BCUT2D eigenvalue weighted by atomic mass is 10.1. The number of para-hydroxylation sites is 1. The first kappa shape index (κ1) is 14.5. The number of nitrogen functional groups attached to an aromatic ring is 1. The Labute approximate surface area is 123 Å². The molecule has 0 saturated carbocycles. The Morgan fingerprint density at radius 1 is 1.15 bits per heavy atom. The molecule has 2 N–H and O–H groups in total. The Kier molecular flexibility index (Phi) is 5.07. The minimum Gasteiger partial charge on any atom is -0.465 e. The van der Waals surface area contributed by atoms with Crippen molar-refractivity contribution in [2.75, 3.05) is 12.3 Å². The third-order valence-electron chi connectivity index (χ3n) is 2.77. The second-order valence-corrected chi connectivity index (χ2v) is 5.35. The molecule has 0 spiro atoms. The fourth-order valence-corrected chi connectivity index (χ4v) is 2.89. The Balaban J connectivity index is 2.28. The van der Waals surface area contributed by atoms with Crippen LogP contribution in [0.25, 0.3) is 0 Å². The molecule has 0 heterocycles. The zero-order chi connectivity index (χ0) is 14.4. The maximum atomic E-state index is 12.2. The molecule has 20 heavy (non-hydrogen) atoms. The summed E-state index contributed by atoms with van der Waals surface area (Å²) in [6, 6.07) is 17.1. The topological polar surface area (TPSA) is 52.3 Å². The van der Waals surface area contributed by atoms with Crippen molar-refractivity contribution in [3.8, 4) is 0 Å². The first-order valence-electron chi connectivity index (χ1n) is 6.45. The summed E-state index contributed by atoms with van der Waals surface area (Å²) in [7, 11) is 0. The number of carbonyl (C=O) groups is 1. The molecule has 0 aromatic heterocycles. The average Bonchev–Trinajstić information content (AvgIpc) is 2.47. The van der Waals surface area contributed by atoms with Crippen LogP contribution in [0.15, 0.2) is 59.5 Å². The molecule has 0 fully saturated rings. The number of hydrogen-bond donors (Lipinski definition) is 1. The van der Waals surface area contributed by atoms with E-state index in [9.17, 15) is 4.79 Å². The molecule has 0 saturated heterocycles. The number of ether oxygens (including phenoxy) is 1. The number of nitrogens with two attached hydrogens (primary N) is 1. The quantitative estimate of drug-likeness (QED) is 0.518. The number of carbonyl (C=O) groups excluding carboxylic acids is 1. The molecule has 0 radical (unpaired) electrons. The molecular weight excluding hydrogens is 270 g/mol. The van der Waals surface area contributed by atoms with Crippen LogP contribution in [0.5, 0.6) is 0 Å². The van der Waals surface area contributed by atoms with E-state index in [1.165, 1.54) is 11.8 Å². The second kappa shape index (κ2) is 7.01. The fourth-order valence-electron chi connectivity index (χ4n) is 1.81. The molecule has 1 unspecified atom stereocenters. The Hall–Kier alpha value is -1.94. The first-order chi connectivity index (χ1) is 9.72. The van der Waals surface area contributed by atoms with Crippen molar-refractivity contribution in [1.29, 1.82) is 0 Å². The van der Waals surface area contributed by atoms with Crippen LogP contribution >= 0.6 is 11.8 Å². The van der Waals surface area contributed by atoms with Gasteiger partial charge in [0, 0.05) is 10.6 Å². The van der Waals surface area contributed by atoms with Crippen LogP contribution in [-0.4, -0.2) is 12.6 Å². The van der Waals surface area contributed by atoms with Gasteiger partial charge in [0.1, 0.15) is 5.25 Å². The van der Waals surface area contributed by atoms with Crippen LogP contribution in [0.2, 0.25) is 0 Å². The summed E-state index contributed by atoms with van der Waals surface area (Å²) in [6.07, 6.45) is 0. The maximum Gasteiger partial charge on any atom is 0.323 e. The van der Waals surface area contributed by atoms with Crippen LogP contribution in [0.4, 0.5) is 5.69 Å². The molecule has 3 nitrogen and oxygen atoms in total. The van der Waals surface area contributed by atoms with E-state index in [4.69, 9.17) is 10.5 Å². The first-order valence-corrected chi connectivity index (χ1v) is 7.33. The van der Waals surface area contributed by atoms with Gasteiger partial charge in [-0.3, -0.25) is 4.79 Å². The predicted molar refractivity (Wildman–Crippen MR) is 82.5 cm³/mol. The number of thioether (sulfide) groups is 1. The van der Waals surface area contributed by atoms with Crippen LogP contribution < -0.4 is 5.73 Å². The zero-order valence-electron chi connectivity index (χ0n) is 11.3. The summed E-state index contributed by atoms with van der Waals surface area (Å²) in [5.74, 6) is -0.244. The van der Waals surface area contributed by atoms with E-state index in [0.29, 0.717) is 12.3 Å². The van der Waals surface area contributed by atoms with Crippen molar-refractivity contribution in [3.63, 3.8) is 0 Å². The number of hydrogen-bond acceptors (Lipinski definition) is 4. The molecule has 0 amide bonds. The molecule has 2 rings (SSSR count). The number of esters is 1. The van der Waals surface area contributed by atoms with E-state index in [0.717, 1.165) is 10.5 Å². The summed E-state index contributed by atoms with van der Waals surface area (Å²) in [6.45, 7) is 2.18. The van der Waals surface area contributed by atoms with E-state index in [1.54, 1.807) is 0 Å². The van der Waals surface area contributed by atoms with Gasteiger partial charge in [-0.25, -0.2) is 0 Å². The fraction of sp³-hybridized carbons (Fsp3) is 0.188. The van der Waals surface area contributed by atoms with Gasteiger partial charge in [-0.05, 0) is 24.6 Å². The van der Waals surface area contributed by atoms with Crippen molar-refractivity contribution in [2.24, 2.45) is 0 Å². The third kappa shape index (κ3) is 3.54. The minimum absolute atomic E-state index is 0.244. The lowest BCUT2D eigenvalue weighted by molar-refractivity contribution is -0.142. The lowest BCUT2D eigenvalue weighted by Crippen LogP contribution is -2.13. The molecule has 0 aliphatic rings. The summed E-state index contributed by atoms with van der Waals surface area (Å²) in [5.41, 5.74) is 7.53. The van der Waals surface area contributed by atoms with Gasteiger partial charge >= 0.3 is 5.97 Å². The van der Waals surface area contributed by atoms with E-state index < -0.39 is 5.25 Å². The van der Waals surface area contributed by atoms with Gasteiger partial charge in [-0.15, -0.1) is 11.8 Å². The molecule has 2 aromatic rings. The Morgan fingerprint density at radius 3 is 2.45 bits per heavy atom. The minimum atomic E-state index is -0.402. The number of anilines is 1. The molecule has 0 aliphatic carbocycles. The number of rotatable bonds is 5. The molecule has 2 aromatic carbocycles. The summed E-state index contributed by atoms with van der Waals surface area (Å²) < 4.78 is 5.17. The normalized spacial score (nSPS) is 11.8. The van der Waals surface area contributed by atoms with Gasteiger partial charge in [-0.2, -0.15) is 0 Å². The highest BCUT2D eigenvalue weighted by Gasteiger charge is 2.23. The predicted octanol–water partition coefficient (Wildman–Crippen LogP) is 3.67. The van der Waals surface area contributed by atoms with Crippen LogP contribution in [0.1, 0.15) is 17.7 Å². The van der Waals surface area contributed by atoms with Crippen molar-refractivity contribution in [2.45, 2.75) is 17.1 Å². The number of benzene rings is 2. The SMILES string of the molecule is CCOC(=O)C(Sc1ccccc1N)c1ccccc1. The molecule has 104 valence electrons. The molecule has 0 aliphatic heterocycles. The van der Waals surface area contributed by atoms with E-state index in [1.807, 2.05) is 61.5 Å². The molecule has 4 heteroatoms. The third-order valence-corrected chi connectivity index (χ3v) is 4.09. The van der Waals surface area contributed by atoms with Crippen molar-refractivity contribution in [3.05, 3.63) is 60.2 Å². The Morgan fingerprint density at radius 2 is 1.80 bits per heavy atom. The highest BCUT2D eigenvalue weighted by atomic mass is 32.2. The standard InChI is InChI=1S/C16H17NO2S/c1-2-19-16(18)15(12-8-4-3-5-9-12)20-14-11-7-6-10-13(14)17/h3-11,15H,2,17H2,1H3. The van der Waals surface area contributed by atoms with Crippen molar-refractivity contribution in [1.82, 2.24) is 0 Å². The molecular formula is C16H17NO2S. The van der Waals surface area contributed by atoms with E-state index in [2.05, 4.69) is 0 Å². The molecule has 0 bridgehead atoms. The summed E-state index contributed by atoms with van der Waals surface area (Å²) in [5, 5.41) is -0.402. The van der Waals surface area contributed by atoms with Gasteiger partial charge in [0.05, 0.1) is 6.61 Å². The lowest BCUT2D eigenvalue weighted by Gasteiger charge is -2.16. The average molecular weight is 287 g/mol. The zero-order valence-corrected chi connectivity index (χ0v) is 12.1. The van der Waals surface area contributed by atoms with Crippen LogP contribution in [0.3, 0.4) is 0 Å². The van der Waals surface area contributed by atoms with Gasteiger partial charge in [0.25, 0.3) is 0 Å². The van der Waals surface area contributed by atoms with E-state index >= 15 is 0 Å². The maximum absolute atomic E-state index is 12.2. The van der Waals surface area contributed by atoms with Gasteiger partial charge in [-0.1, -0.05) is 42.5 Å². The molecule has 1 atom stereocenters. The monoisotopic (exact) mass is 287 g/mol. The van der Waals surface area contributed by atoms with Crippen molar-refractivity contribution < 1.29 is 9.53 Å². The summed E-state index contributed by atoms with van der Waals surface area (Å²) in [4.78, 5) is 13.1. The van der Waals surface area contributed by atoms with Gasteiger partial charge in [0.15, 0.2) is 0 Å². The van der Waals surface area contributed by atoms with Crippen molar-refractivity contribution >= 4 is 23.4 Å². The highest BCUT2D eigenvalue weighted by Crippen LogP contribution is 2.38. The van der Waals surface area contributed by atoms with Gasteiger partial charge < -0.3 is 10.5 Å². The van der Waals surface area contributed by atoms with Crippen LogP contribution in [-0.2, 0) is 9.53 Å². The Bertz CT molecular complexity index is 572. The van der Waals surface area contributed by atoms with Gasteiger partial charge in [0.2, 0.25) is 0 Å². The smallest absolute Gasteiger partial charge is 0.323 e. The van der Waals surface area contributed by atoms with Crippen LogP contribution in [0, 0.1) is 0 Å². The second-order valence-electron chi connectivity index (χ2n) is 4.20. The summed E-state index contributed by atoms with van der Waals surface area (Å²) >= 11 is 1.42. The largest absolute Gasteiger partial charge is 0.465 e.